The Morgan fingerprint density at radius 1 is 1.33 bits per heavy atom. The van der Waals surface area contributed by atoms with E-state index < -0.39 is 0 Å². The number of nitrogens with zero attached hydrogens (tertiary/aromatic N) is 1. The van der Waals surface area contributed by atoms with Crippen molar-refractivity contribution in [3.05, 3.63) is 0 Å². The molecule has 7 heteroatoms. The fraction of sp³-hybridized carbons (Fsp3) is 0.909. The average molecular weight is 316 g/mol. The van der Waals surface area contributed by atoms with Crippen molar-refractivity contribution < 1.29 is 4.79 Å². The van der Waals surface area contributed by atoms with Crippen molar-refractivity contribution >= 4 is 42.5 Å². The summed E-state index contributed by atoms with van der Waals surface area (Å²) >= 11 is 2.02. The van der Waals surface area contributed by atoms with Gasteiger partial charge in [0.1, 0.15) is 0 Å². The molecular formula is C11H23Cl2N3OS. The van der Waals surface area contributed by atoms with E-state index in [2.05, 4.69) is 15.5 Å². The Balaban J connectivity index is 0.00000144. The van der Waals surface area contributed by atoms with Crippen molar-refractivity contribution in [3.63, 3.8) is 0 Å². The van der Waals surface area contributed by atoms with Crippen LogP contribution in [0, 0.1) is 5.92 Å². The van der Waals surface area contributed by atoms with E-state index in [-0.39, 0.29) is 36.6 Å². The molecule has 0 spiro atoms. The van der Waals surface area contributed by atoms with Crippen molar-refractivity contribution in [1.82, 2.24) is 15.5 Å². The first-order chi connectivity index (χ1) is 7.86. The predicted octanol–water partition coefficient (Wildman–Crippen LogP) is 0.604. The number of hydrogen-bond acceptors (Lipinski definition) is 4. The van der Waals surface area contributed by atoms with Crippen molar-refractivity contribution in [2.24, 2.45) is 5.92 Å². The van der Waals surface area contributed by atoms with Gasteiger partial charge in [-0.05, 0) is 13.0 Å². The van der Waals surface area contributed by atoms with Crippen LogP contribution in [0.2, 0.25) is 0 Å². The van der Waals surface area contributed by atoms with Crippen LogP contribution >= 0.6 is 36.6 Å². The largest absolute Gasteiger partial charge is 0.355 e. The summed E-state index contributed by atoms with van der Waals surface area (Å²) in [6.07, 6.45) is 0.992. The normalized spacial score (nSPS) is 23.9. The minimum absolute atomic E-state index is 0. The van der Waals surface area contributed by atoms with Gasteiger partial charge in [-0.15, -0.1) is 24.8 Å². The molecule has 0 aromatic carbocycles. The van der Waals surface area contributed by atoms with Gasteiger partial charge >= 0.3 is 0 Å². The van der Waals surface area contributed by atoms with Crippen LogP contribution in [0.1, 0.15) is 6.42 Å². The van der Waals surface area contributed by atoms with Gasteiger partial charge in [0.2, 0.25) is 5.91 Å². The number of hydrogen-bond donors (Lipinski definition) is 2. The number of carbonyl (C=O) groups excluding carboxylic acids is 1. The number of amides is 1. The van der Waals surface area contributed by atoms with Crippen LogP contribution in [0.4, 0.5) is 0 Å². The lowest BCUT2D eigenvalue weighted by atomic mass is 10.1. The first-order valence-corrected chi connectivity index (χ1v) is 7.30. The maximum atomic E-state index is 11.7. The molecule has 0 aromatic rings. The first-order valence-electron chi connectivity index (χ1n) is 6.15. The summed E-state index contributed by atoms with van der Waals surface area (Å²) < 4.78 is 0. The third-order valence-electron chi connectivity index (χ3n) is 3.26. The van der Waals surface area contributed by atoms with Gasteiger partial charge < -0.3 is 10.6 Å². The van der Waals surface area contributed by atoms with E-state index in [0.29, 0.717) is 0 Å². The highest BCUT2D eigenvalue weighted by atomic mass is 35.5. The molecule has 2 saturated heterocycles. The molecule has 18 heavy (non-hydrogen) atoms. The van der Waals surface area contributed by atoms with Crippen LogP contribution in [-0.2, 0) is 4.79 Å². The monoisotopic (exact) mass is 315 g/mol. The highest BCUT2D eigenvalue weighted by Crippen LogP contribution is 2.09. The van der Waals surface area contributed by atoms with Crippen LogP contribution in [0.5, 0.6) is 0 Å². The zero-order chi connectivity index (χ0) is 11.2. The zero-order valence-electron chi connectivity index (χ0n) is 10.5. The van der Waals surface area contributed by atoms with Crippen LogP contribution in [0.25, 0.3) is 0 Å². The number of rotatable bonds is 4. The average Bonchev–Trinajstić information content (AvgIpc) is 2.84. The Morgan fingerprint density at radius 3 is 2.67 bits per heavy atom. The number of carbonyl (C=O) groups is 1. The summed E-state index contributed by atoms with van der Waals surface area (Å²) in [5.41, 5.74) is 0. The molecule has 1 atom stereocenters. The third-order valence-corrected chi connectivity index (χ3v) is 4.20. The Kier molecular flexibility index (Phi) is 10.3. The second-order valence-corrected chi connectivity index (χ2v) is 5.66. The van der Waals surface area contributed by atoms with Gasteiger partial charge in [0.15, 0.2) is 0 Å². The van der Waals surface area contributed by atoms with Crippen LogP contribution in [0.15, 0.2) is 0 Å². The maximum absolute atomic E-state index is 11.7. The van der Waals surface area contributed by atoms with E-state index in [1.807, 2.05) is 11.8 Å². The summed E-state index contributed by atoms with van der Waals surface area (Å²) in [6.45, 7) is 6.00. The fourth-order valence-electron chi connectivity index (χ4n) is 2.18. The van der Waals surface area contributed by atoms with E-state index in [1.165, 1.54) is 24.6 Å². The van der Waals surface area contributed by atoms with Gasteiger partial charge in [0, 0.05) is 44.2 Å². The van der Waals surface area contributed by atoms with E-state index in [9.17, 15) is 4.79 Å². The van der Waals surface area contributed by atoms with Gasteiger partial charge in [0.05, 0.1) is 5.92 Å². The van der Waals surface area contributed by atoms with E-state index in [4.69, 9.17) is 0 Å². The standard InChI is InChI=1S/C11H21N3OS.2ClH/c15-11(10-1-2-12-9-10)13-3-4-14-5-7-16-8-6-14;;/h10,12H,1-9H2,(H,13,15);2*1H. The molecule has 0 aromatic heterocycles. The van der Waals surface area contributed by atoms with E-state index in [1.54, 1.807) is 0 Å². The minimum atomic E-state index is 0. The highest BCUT2D eigenvalue weighted by molar-refractivity contribution is 7.99. The third kappa shape index (κ3) is 5.97. The summed E-state index contributed by atoms with van der Waals surface area (Å²) in [7, 11) is 0. The molecule has 0 bridgehead atoms. The molecule has 2 aliphatic rings. The molecule has 0 radical (unpaired) electrons. The Bertz CT molecular complexity index is 234. The molecule has 0 saturated carbocycles. The maximum Gasteiger partial charge on any atom is 0.224 e. The molecule has 4 nitrogen and oxygen atoms in total. The van der Waals surface area contributed by atoms with Crippen molar-refractivity contribution in [2.75, 3.05) is 50.8 Å². The van der Waals surface area contributed by atoms with Crippen LogP contribution in [0.3, 0.4) is 0 Å². The zero-order valence-corrected chi connectivity index (χ0v) is 13.0. The molecule has 1 amide bonds. The minimum Gasteiger partial charge on any atom is -0.355 e. The quantitative estimate of drug-likeness (QED) is 0.797. The van der Waals surface area contributed by atoms with Crippen LogP contribution < -0.4 is 10.6 Å². The molecule has 0 aliphatic carbocycles. The van der Waals surface area contributed by atoms with Gasteiger partial charge in [-0.25, -0.2) is 0 Å². The highest BCUT2D eigenvalue weighted by Gasteiger charge is 2.21. The lowest BCUT2D eigenvalue weighted by Gasteiger charge is -2.26. The number of halogens is 2. The second kappa shape index (κ2) is 10.1. The first kappa shape index (κ1) is 18.3. The van der Waals surface area contributed by atoms with Gasteiger partial charge in [-0.2, -0.15) is 11.8 Å². The van der Waals surface area contributed by atoms with E-state index in [0.717, 1.165) is 32.6 Å². The van der Waals surface area contributed by atoms with E-state index >= 15 is 0 Å². The molecule has 2 aliphatic heterocycles. The van der Waals surface area contributed by atoms with Gasteiger partial charge in [-0.1, -0.05) is 0 Å². The van der Waals surface area contributed by atoms with Gasteiger partial charge in [-0.3, -0.25) is 9.69 Å². The van der Waals surface area contributed by atoms with Crippen molar-refractivity contribution in [2.45, 2.75) is 6.42 Å². The number of thioether (sulfide) groups is 1. The van der Waals surface area contributed by atoms with Crippen molar-refractivity contribution in [3.8, 4) is 0 Å². The molecule has 2 heterocycles. The SMILES string of the molecule is Cl.Cl.O=C(NCCN1CCSCC1)C1CCNC1. The lowest BCUT2D eigenvalue weighted by Crippen LogP contribution is -2.41. The van der Waals surface area contributed by atoms with Crippen molar-refractivity contribution in [1.29, 1.82) is 0 Å². The summed E-state index contributed by atoms with van der Waals surface area (Å²) in [5, 5.41) is 6.26. The molecule has 2 rings (SSSR count). The lowest BCUT2D eigenvalue weighted by molar-refractivity contribution is -0.124. The molecule has 108 valence electrons. The van der Waals surface area contributed by atoms with Gasteiger partial charge in [0.25, 0.3) is 0 Å². The molecular weight excluding hydrogens is 293 g/mol. The molecule has 2 N–H and O–H groups in total. The summed E-state index contributed by atoms with van der Waals surface area (Å²) in [5.74, 6) is 2.91. The Hall–Kier alpha value is 0.320. The Morgan fingerprint density at radius 2 is 2.06 bits per heavy atom. The van der Waals surface area contributed by atoms with Crippen LogP contribution in [-0.4, -0.2) is 61.6 Å². The summed E-state index contributed by atoms with van der Waals surface area (Å²) in [6, 6.07) is 0. The summed E-state index contributed by atoms with van der Waals surface area (Å²) in [4.78, 5) is 14.1. The fourth-order valence-corrected chi connectivity index (χ4v) is 3.16. The number of nitrogens with one attached hydrogen (secondary N) is 2. The Labute approximate surface area is 126 Å². The smallest absolute Gasteiger partial charge is 0.224 e. The topological polar surface area (TPSA) is 44.4 Å². The predicted molar refractivity (Wildman–Crippen MR) is 82.2 cm³/mol. The molecule has 1 unspecified atom stereocenters. The molecule has 2 fully saturated rings. The second-order valence-electron chi connectivity index (χ2n) is 4.43.